The molecule has 2 aromatic rings. The van der Waals surface area contributed by atoms with Gasteiger partial charge in [-0.3, -0.25) is 19.7 Å². The molecular formula is C23H26N2O5. The van der Waals surface area contributed by atoms with Crippen LogP contribution in [0.5, 0.6) is 0 Å². The minimum Gasteiger partial charge on any atom is -0.481 e. The summed E-state index contributed by atoms with van der Waals surface area (Å²) in [5.74, 6) is -2.69. The fourth-order valence-corrected chi connectivity index (χ4v) is 3.12. The highest BCUT2D eigenvalue weighted by molar-refractivity contribution is 6.42. The Kier molecular flexibility index (Phi) is 8.43. The lowest BCUT2D eigenvalue weighted by Crippen LogP contribution is -2.49. The molecule has 0 aliphatic rings. The van der Waals surface area contributed by atoms with Gasteiger partial charge in [0.15, 0.2) is 0 Å². The average molecular weight is 410 g/mol. The number of aliphatic carboxylic acids is 1. The average Bonchev–Trinajstić information content (AvgIpc) is 2.72. The third-order valence-corrected chi connectivity index (χ3v) is 4.48. The molecule has 7 heteroatoms. The number of hydrogen-bond donors (Lipinski definition) is 3. The monoisotopic (exact) mass is 410 g/mol. The van der Waals surface area contributed by atoms with Crippen LogP contribution in [0.2, 0.25) is 0 Å². The number of Topliss-reactive ketones (excluding diaryl/α,β-unsaturated/α-hetero) is 1. The summed E-state index contributed by atoms with van der Waals surface area (Å²) in [7, 11) is 0. The number of ketones is 1. The second-order valence-corrected chi connectivity index (χ2v) is 7.42. The molecule has 0 aliphatic heterocycles. The number of carbonyl (C=O) groups is 4. The first-order valence-corrected chi connectivity index (χ1v) is 9.74. The molecule has 0 saturated carbocycles. The number of rotatable bonds is 11. The minimum absolute atomic E-state index is 0.0491. The Morgan fingerprint density at radius 3 is 2.23 bits per heavy atom. The predicted octanol–water partition coefficient (Wildman–Crippen LogP) is 2.91. The molecule has 0 fully saturated rings. The largest absolute Gasteiger partial charge is 0.481 e. The highest BCUT2D eigenvalue weighted by Gasteiger charge is 2.29. The summed E-state index contributed by atoms with van der Waals surface area (Å²) in [6.07, 6.45) is 0.262. The molecule has 0 spiro atoms. The molecule has 2 unspecified atom stereocenters. The second-order valence-electron chi connectivity index (χ2n) is 7.42. The number of aldehydes is 1. The molecule has 158 valence electrons. The van der Waals surface area contributed by atoms with Crippen LogP contribution in [0.1, 0.15) is 26.7 Å². The maximum atomic E-state index is 12.8. The molecule has 2 rings (SSSR count). The van der Waals surface area contributed by atoms with Gasteiger partial charge in [0, 0.05) is 11.3 Å². The summed E-state index contributed by atoms with van der Waals surface area (Å²) in [6.45, 7) is 3.75. The van der Waals surface area contributed by atoms with E-state index in [1.807, 2.05) is 56.3 Å². The molecule has 0 bridgehead atoms. The van der Waals surface area contributed by atoms with Crippen LogP contribution in [0.25, 0.3) is 11.1 Å². The van der Waals surface area contributed by atoms with E-state index in [-0.39, 0.29) is 12.3 Å². The summed E-state index contributed by atoms with van der Waals surface area (Å²) < 4.78 is 0. The van der Waals surface area contributed by atoms with Crippen LogP contribution < -0.4 is 10.6 Å². The molecule has 0 heterocycles. The van der Waals surface area contributed by atoms with Crippen LogP contribution in [0.15, 0.2) is 54.6 Å². The van der Waals surface area contributed by atoms with Crippen LogP contribution in [0.4, 0.5) is 5.69 Å². The van der Waals surface area contributed by atoms with Gasteiger partial charge in [0.2, 0.25) is 5.78 Å². The number of nitrogens with one attached hydrogen (secondary N) is 2. The Hall–Kier alpha value is -3.32. The molecule has 0 radical (unpaired) electrons. The molecule has 0 aliphatic carbocycles. The Morgan fingerprint density at radius 2 is 1.63 bits per heavy atom. The van der Waals surface area contributed by atoms with Gasteiger partial charge in [0.05, 0.1) is 18.5 Å². The van der Waals surface area contributed by atoms with Gasteiger partial charge in [0.25, 0.3) is 5.91 Å². The number of carboxylic acids is 1. The molecule has 2 atom stereocenters. The zero-order valence-corrected chi connectivity index (χ0v) is 17.0. The zero-order chi connectivity index (χ0) is 22.1. The number of carboxylic acid groups (broad SMARTS) is 1. The van der Waals surface area contributed by atoms with Gasteiger partial charge < -0.3 is 15.2 Å². The van der Waals surface area contributed by atoms with Gasteiger partial charge in [-0.2, -0.15) is 0 Å². The minimum atomic E-state index is -1.17. The van der Waals surface area contributed by atoms with E-state index in [0.29, 0.717) is 12.0 Å². The lowest BCUT2D eigenvalue weighted by molar-refractivity contribution is -0.139. The Balaban J connectivity index is 2.20. The van der Waals surface area contributed by atoms with Gasteiger partial charge in [-0.05, 0) is 24.0 Å². The zero-order valence-electron chi connectivity index (χ0n) is 17.0. The fourth-order valence-electron chi connectivity index (χ4n) is 3.12. The van der Waals surface area contributed by atoms with Crippen LogP contribution in [-0.4, -0.2) is 41.1 Å². The fraction of sp³-hybridized carbons (Fsp3) is 0.304. The number of benzene rings is 2. The second kappa shape index (κ2) is 11.0. The molecule has 1 amide bonds. The van der Waals surface area contributed by atoms with Crippen molar-refractivity contribution in [2.45, 2.75) is 38.8 Å². The van der Waals surface area contributed by atoms with Crippen molar-refractivity contribution in [3.05, 3.63) is 54.6 Å². The van der Waals surface area contributed by atoms with Crippen LogP contribution in [-0.2, 0) is 19.2 Å². The van der Waals surface area contributed by atoms with Crippen LogP contribution in [0, 0.1) is 5.92 Å². The normalized spacial score (nSPS) is 12.8. The van der Waals surface area contributed by atoms with Crippen molar-refractivity contribution >= 4 is 29.6 Å². The number of para-hydroxylation sites is 1. The van der Waals surface area contributed by atoms with E-state index in [1.165, 1.54) is 0 Å². The third kappa shape index (κ3) is 6.63. The van der Waals surface area contributed by atoms with Crippen molar-refractivity contribution in [3.63, 3.8) is 0 Å². The van der Waals surface area contributed by atoms with E-state index in [4.69, 9.17) is 5.11 Å². The van der Waals surface area contributed by atoms with E-state index in [0.717, 1.165) is 11.1 Å². The first-order chi connectivity index (χ1) is 14.3. The number of amides is 1. The van der Waals surface area contributed by atoms with Crippen molar-refractivity contribution in [3.8, 4) is 11.1 Å². The SMILES string of the molecule is CC(C)CC(NC(C=O)CC(=O)O)C(=O)C(=O)Nc1ccccc1-c1ccccc1. The molecule has 0 saturated heterocycles. The van der Waals surface area contributed by atoms with Gasteiger partial charge in [-0.1, -0.05) is 62.4 Å². The van der Waals surface area contributed by atoms with E-state index in [1.54, 1.807) is 12.1 Å². The number of anilines is 1. The van der Waals surface area contributed by atoms with Crippen molar-refractivity contribution in [1.82, 2.24) is 5.32 Å². The molecule has 0 aromatic heterocycles. The van der Waals surface area contributed by atoms with Gasteiger partial charge in [-0.25, -0.2) is 0 Å². The Morgan fingerprint density at radius 1 is 1.00 bits per heavy atom. The van der Waals surface area contributed by atoms with Gasteiger partial charge in [-0.15, -0.1) is 0 Å². The quantitative estimate of drug-likeness (QED) is 0.388. The summed E-state index contributed by atoms with van der Waals surface area (Å²) >= 11 is 0. The maximum Gasteiger partial charge on any atom is 0.305 e. The molecule has 2 aromatic carbocycles. The molecular weight excluding hydrogens is 384 g/mol. The smallest absolute Gasteiger partial charge is 0.305 e. The van der Waals surface area contributed by atoms with Crippen LogP contribution >= 0.6 is 0 Å². The van der Waals surface area contributed by atoms with Crippen molar-refractivity contribution in [1.29, 1.82) is 0 Å². The first-order valence-electron chi connectivity index (χ1n) is 9.74. The van der Waals surface area contributed by atoms with Crippen molar-refractivity contribution in [2.75, 3.05) is 5.32 Å². The molecule has 7 nitrogen and oxygen atoms in total. The topological polar surface area (TPSA) is 113 Å². The summed E-state index contributed by atoms with van der Waals surface area (Å²) in [5.41, 5.74) is 2.15. The van der Waals surface area contributed by atoms with Gasteiger partial charge >= 0.3 is 5.97 Å². The standard InChI is InChI=1S/C23H26N2O5/c1-15(2)12-20(24-17(14-26)13-21(27)28)22(29)23(30)25-19-11-7-6-10-18(19)16-8-4-3-5-9-16/h3-11,14-15,17,20,24H,12-13H2,1-2H3,(H,25,30)(H,27,28). The lowest BCUT2D eigenvalue weighted by Gasteiger charge is -2.22. The number of hydrogen-bond acceptors (Lipinski definition) is 5. The molecule has 3 N–H and O–H groups in total. The highest BCUT2D eigenvalue weighted by atomic mass is 16.4. The predicted molar refractivity (Wildman–Crippen MR) is 114 cm³/mol. The summed E-state index contributed by atoms with van der Waals surface area (Å²) in [5, 5.41) is 14.3. The summed E-state index contributed by atoms with van der Waals surface area (Å²) in [6, 6.07) is 14.6. The van der Waals surface area contributed by atoms with E-state index >= 15 is 0 Å². The van der Waals surface area contributed by atoms with Crippen molar-refractivity contribution < 1.29 is 24.3 Å². The van der Waals surface area contributed by atoms with E-state index < -0.39 is 36.2 Å². The first kappa shape index (κ1) is 23.0. The lowest BCUT2D eigenvalue weighted by atomic mass is 9.98. The van der Waals surface area contributed by atoms with E-state index in [9.17, 15) is 19.2 Å². The Labute approximate surface area is 175 Å². The number of carbonyl (C=O) groups excluding carboxylic acids is 3. The molecule has 30 heavy (non-hydrogen) atoms. The summed E-state index contributed by atoms with van der Waals surface area (Å²) in [4.78, 5) is 47.7. The maximum absolute atomic E-state index is 12.8. The highest BCUT2D eigenvalue weighted by Crippen LogP contribution is 2.27. The third-order valence-electron chi connectivity index (χ3n) is 4.48. The van der Waals surface area contributed by atoms with Crippen molar-refractivity contribution in [2.24, 2.45) is 5.92 Å². The van der Waals surface area contributed by atoms with E-state index in [2.05, 4.69) is 10.6 Å². The Bertz CT molecular complexity index is 895. The van der Waals surface area contributed by atoms with Crippen LogP contribution in [0.3, 0.4) is 0 Å². The van der Waals surface area contributed by atoms with Gasteiger partial charge in [0.1, 0.15) is 6.29 Å².